The molecule has 0 unspecified atom stereocenters. The van der Waals surface area contributed by atoms with Crippen molar-refractivity contribution in [1.82, 2.24) is 4.90 Å². The molecule has 0 fully saturated rings. The highest BCUT2D eigenvalue weighted by atomic mass is 16.6. The van der Waals surface area contributed by atoms with Crippen LogP contribution in [0.4, 0.5) is 10.5 Å². The Kier molecular flexibility index (Phi) is 6.45. The van der Waals surface area contributed by atoms with Gasteiger partial charge in [0, 0.05) is 18.7 Å². The molecule has 2 aromatic rings. The fraction of sp³-hybridized carbons (Fsp3) is 0.333. The maximum Gasteiger partial charge on any atom is 0.411 e. The molecule has 27 heavy (non-hydrogen) atoms. The minimum absolute atomic E-state index is 0.110. The number of hydrogen-bond acceptors (Lipinski definition) is 4. The zero-order chi connectivity index (χ0) is 20.0. The Bertz CT molecular complexity index is 767. The van der Waals surface area contributed by atoms with E-state index in [0.29, 0.717) is 5.69 Å². The van der Waals surface area contributed by atoms with Crippen LogP contribution in [0.1, 0.15) is 31.9 Å². The fourth-order valence-corrected chi connectivity index (χ4v) is 2.61. The highest BCUT2D eigenvalue weighted by Gasteiger charge is 2.33. The quantitative estimate of drug-likeness (QED) is 0.756. The minimum atomic E-state index is -1.08. The monoisotopic (exact) mass is 370 g/mol. The molecule has 6 heteroatoms. The summed E-state index contributed by atoms with van der Waals surface area (Å²) in [6, 6.07) is 15.1. The van der Waals surface area contributed by atoms with E-state index in [1.807, 2.05) is 30.3 Å². The number of amides is 1. The van der Waals surface area contributed by atoms with Gasteiger partial charge in [-0.2, -0.15) is 0 Å². The van der Waals surface area contributed by atoms with Crippen LogP contribution in [0.25, 0.3) is 0 Å². The molecule has 0 aliphatic rings. The number of carbonyl (C=O) groups is 2. The highest BCUT2D eigenvalue weighted by molar-refractivity contribution is 5.80. The van der Waals surface area contributed by atoms with Gasteiger partial charge in [-0.25, -0.2) is 9.59 Å². The van der Waals surface area contributed by atoms with Gasteiger partial charge in [0.2, 0.25) is 0 Å². The Balaban J connectivity index is 2.33. The summed E-state index contributed by atoms with van der Waals surface area (Å²) >= 11 is 0. The predicted octanol–water partition coefficient (Wildman–Crippen LogP) is 3.70. The van der Waals surface area contributed by atoms with Crippen molar-refractivity contribution in [3.05, 3.63) is 65.7 Å². The molecule has 2 aromatic carbocycles. The number of carboxylic acids is 1. The van der Waals surface area contributed by atoms with E-state index in [9.17, 15) is 14.7 Å². The number of ether oxygens (including phenoxy) is 1. The van der Waals surface area contributed by atoms with E-state index in [-0.39, 0.29) is 13.0 Å². The number of benzene rings is 2. The molecule has 0 radical (unpaired) electrons. The van der Waals surface area contributed by atoms with Gasteiger partial charge in [0.15, 0.2) is 0 Å². The average molecular weight is 370 g/mol. The van der Waals surface area contributed by atoms with E-state index >= 15 is 0 Å². The van der Waals surface area contributed by atoms with Gasteiger partial charge in [0.1, 0.15) is 11.6 Å². The Hall–Kier alpha value is -3.02. The van der Waals surface area contributed by atoms with Crippen LogP contribution >= 0.6 is 0 Å². The normalized spacial score (nSPS) is 12.3. The molecule has 1 atom stereocenters. The lowest BCUT2D eigenvalue weighted by Gasteiger charge is -2.31. The first-order valence-electron chi connectivity index (χ1n) is 8.76. The second-order valence-corrected chi connectivity index (χ2v) is 7.39. The maximum absolute atomic E-state index is 12.8. The van der Waals surface area contributed by atoms with Crippen LogP contribution in [-0.2, 0) is 22.5 Å². The second kappa shape index (κ2) is 8.58. The van der Waals surface area contributed by atoms with E-state index in [1.54, 1.807) is 45.0 Å². The Morgan fingerprint density at radius 3 is 2.15 bits per heavy atom. The molecule has 6 nitrogen and oxygen atoms in total. The summed E-state index contributed by atoms with van der Waals surface area (Å²) in [7, 11) is 0. The number of carboxylic acid groups (broad SMARTS) is 1. The maximum atomic E-state index is 12.8. The van der Waals surface area contributed by atoms with Gasteiger partial charge in [-0.15, -0.1) is 0 Å². The molecule has 3 N–H and O–H groups in total. The molecular weight excluding hydrogens is 344 g/mol. The molecule has 0 aliphatic carbocycles. The van der Waals surface area contributed by atoms with Crippen molar-refractivity contribution in [2.75, 3.05) is 5.73 Å². The van der Waals surface area contributed by atoms with Gasteiger partial charge in [-0.3, -0.25) is 4.90 Å². The molecule has 0 aliphatic heterocycles. The van der Waals surface area contributed by atoms with Gasteiger partial charge >= 0.3 is 12.1 Å². The van der Waals surface area contributed by atoms with E-state index in [4.69, 9.17) is 10.5 Å². The zero-order valence-electron chi connectivity index (χ0n) is 15.9. The van der Waals surface area contributed by atoms with Crippen molar-refractivity contribution in [1.29, 1.82) is 0 Å². The molecule has 0 saturated heterocycles. The van der Waals surface area contributed by atoms with Gasteiger partial charge in [-0.05, 0) is 44.0 Å². The first kappa shape index (κ1) is 20.3. The van der Waals surface area contributed by atoms with Crippen LogP contribution in [0.5, 0.6) is 0 Å². The van der Waals surface area contributed by atoms with E-state index in [2.05, 4.69) is 0 Å². The molecule has 0 heterocycles. The van der Waals surface area contributed by atoms with Crippen molar-refractivity contribution in [3.8, 4) is 0 Å². The molecule has 0 aromatic heterocycles. The zero-order valence-corrected chi connectivity index (χ0v) is 15.9. The van der Waals surface area contributed by atoms with E-state index < -0.39 is 23.7 Å². The van der Waals surface area contributed by atoms with Gasteiger partial charge in [-0.1, -0.05) is 42.5 Å². The Labute approximate surface area is 159 Å². The molecule has 0 bridgehead atoms. The molecule has 0 saturated carbocycles. The summed E-state index contributed by atoms with van der Waals surface area (Å²) in [6.07, 6.45) is -0.479. The minimum Gasteiger partial charge on any atom is -0.480 e. The summed E-state index contributed by atoms with van der Waals surface area (Å²) in [4.78, 5) is 26.0. The lowest BCUT2D eigenvalue weighted by Crippen LogP contribution is -2.47. The number of anilines is 1. The third-order valence-corrected chi connectivity index (χ3v) is 3.89. The molecule has 0 spiro atoms. The standard InChI is InChI=1S/C21H26N2O4/c1-21(2,3)27-20(26)23(14-16-9-11-17(22)12-10-16)18(19(24)25)13-15-7-5-4-6-8-15/h4-12,18H,13-14,22H2,1-3H3,(H,24,25)/t18-/m0/s1. The van der Waals surface area contributed by atoms with E-state index in [0.717, 1.165) is 11.1 Å². The van der Waals surface area contributed by atoms with Gasteiger partial charge in [0.05, 0.1) is 0 Å². The van der Waals surface area contributed by atoms with Crippen LogP contribution in [0.2, 0.25) is 0 Å². The summed E-state index contributed by atoms with van der Waals surface area (Å²) in [5.74, 6) is -1.08. The second-order valence-electron chi connectivity index (χ2n) is 7.39. The van der Waals surface area contributed by atoms with Crippen LogP contribution in [0, 0.1) is 0 Å². The van der Waals surface area contributed by atoms with Crippen molar-refractivity contribution in [2.45, 2.75) is 45.4 Å². The number of nitrogens with zero attached hydrogens (tertiary/aromatic N) is 1. The summed E-state index contributed by atoms with van der Waals surface area (Å²) in [6.45, 7) is 5.36. The summed E-state index contributed by atoms with van der Waals surface area (Å²) in [5.41, 5.74) is 7.18. The SMILES string of the molecule is CC(C)(C)OC(=O)N(Cc1ccc(N)cc1)[C@@H](Cc1ccccc1)C(=O)O. The molecular formula is C21H26N2O4. The first-order valence-corrected chi connectivity index (χ1v) is 8.76. The Morgan fingerprint density at radius 2 is 1.63 bits per heavy atom. The fourth-order valence-electron chi connectivity index (χ4n) is 2.61. The third kappa shape index (κ3) is 6.33. The highest BCUT2D eigenvalue weighted by Crippen LogP contribution is 2.19. The molecule has 1 amide bonds. The molecule has 144 valence electrons. The largest absolute Gasteiger partial charge is 0.480 e. The van der Waals surface area contributed by atoms with Crippen molar-refractivity contribution < 1.29 is 19.4 Å². The number of rotatable bonds is 6. The lowest BCUT2D eigenvalue weighted by molar-refractivity contribution is -0.143. The number of nitrogen functional groups attached to an aromatic ring is 1. The van der Waals surface area contributed by atoms with Gasteiger partial charge < -0.3 is 15.6 Å². The van der Waals surface area contributed by atoms with E-state index in [1.165, 1.54) is 4.90 Å². The average Bonchev–Trinajstić information content (AvgIpc) is 2.58. The third-order valence-electron chi connectivity index (χ3n) is 3.89. The lowest BCUT2D eigenvalue weighted by atomic mass is 10.0. The first-order chi connectivity index (χ1) is 12.7. The predicted molar refractivity (Wildman–Crippen MR) is 104 cm³/mol. The topological polar surface area (TPSA) is 92.9 Å². The number of nitrogens with two attached hydrogens (primary N) is 1. The summed E-state index contributed by atoms with van der Waals surface area (Å²) < 4.78 is 5.46. The number of hydrogen-bond donors (Lipinski definition) is 2. The van der Waals surface area contributed by atoms with Crippen LogP contribution in [-0.4, -0.2) is 33.7 Å². The smallest absolute Gasteiger partial charge is 0.411 e. The number of aliphatic carboxylic acids is 1. The summed E-state index contributed by atoms with van der Waals surface area (Å²) in [5, 5.41) is 9.80. The number of carbonyl (C=O) groups excluding carboxylic acids is 1. The van der Waals surface area contributed by atoms with Crippen molar-refractivity contribution >= 4 is 17.7 Å². The molecule has 2 rings (SSSR count). The van der Waals surface area contributed by atoms with Crippen LogP contribution in [0.3, 0.4) is 0 Å². The van der Waals surface area contributed by atoms with Crippen LogP contribution < -0.4 is 5.73 Å². The Morgan fingerprint density at radius 1 is 1.04 bits per heavy atom. The van der Waals surface area contributed by atoms with Crippen molar-refractivity contribution in [3.63, 3.8) is 0 Å². The van der Waals surface area contributed by atoms with Crippen LogP contribution in [0.15, 0.2) is 54.6 Å². The van der Waals surface area contributed by atoms with Crippen molar-refractivity contribution in [2.24, 2.45) is 0 Å². The van der Waals surface area contributed by atoms with Gasteiger partial charge in [0.25, 0.3) is 0 Å².